The molecular weight excluding hydrogens is 409 g/mol. The Balaban J connectivity index is 1.75. The van der Waals surface area contributed by atoms with Crippen LogP contribution < -0.4 is 5.32 Å². The minimum Gasteiger partial charge on any atom is -0.360 e. The van der Waals surface area contributed by atoms with Crippen molar-refractivity contribution >= 4 is 45.8 Å². The molecule has 2 aromatic carbocycles. The van der Waals surface area contributed by atoms with Gasteiger partial charge in [0.1, 0.15) is 16.6 Å². The third-order valence-corrected chi connectivity index (χ3v) is 5.64. The monoisotopic (exact) mass is 427 g/mol. The Hall–Kier alpha value is -2.32. The molecule has 3 nitrogen and oxygen atoms in total. The molecule has 0 fully saturated rings. The lowest BCUT2D eigenvalue weighted by Crippen LogP contribution is -1.92. The van der Waals surface area contributed by atoms with Gasteiger partial charge in [0, 0.05) is 27.9 Å². The van der Waals surface area contributed by atoms with Gasteiger partial charge in [0.15, 0.2) is 0 Å². The first-order valence-electron chi connectivity index (χ1n) is 8.97. The van der Waals surface area contributed by atoms with E-state index in [-0.39, 0.29) is 0 Å². The second-order valence-corrected chi connectivity index (χ2v) is 7.98. The summed E-state index contributed by atoms with van der Waals surface area (Å²) in [6.07, 6.45) is 5.15. The first-order valence-corrected chi connectivity index (χ1v) is 10.6. The molecule has 3 aromatic rings. The van der Waals surface area contributed by atoms with Crippen molar-refractivity contribution in [1.29, 1.82) is 5.26 Å². The van der Waals surface area contributed by atoms with Gasteiger partial charge in [0.25, 0.3) is 0 Å². The summed E-state index contributed by atoms with van der Waals surface area (Å²) in [6.45, 7) is 2.19. The summed E-state index contributed by atoms with van der Waals surface area (Å²) < 4.78 is 0. The smallest absolute Gasteiger partial charge is 0.136 e. The van der Waals surface area contributed by atoms with Gasteiger partial charge in [-0.2, -0.15) is 5.26 Å². The number of nitriles is 1. The van der Waals surface area contributed by atoms with Crippen LogP contribution in [0.2, 0.25) is 10.0 Å². The number of halogens is 2. The van der Waals surface area contributed by atoms with Crippen LogP contribution in [0.25, 0.3) is 16.8 Å². The average molecular weight is 428 g/mol. The molecule has 28 heavy (non-hydrogen) atoms. The number of hydrogen-bond acceptors (Lipinski definition) is 4. The first-order chi connectivity index (χ1) is 13.6. The van der Waals surface area contributed by atoms with Gasteiger partial charge < -0.3 is 5.32 Å². The van der Waals surface area contributed by atoms with E-state index in [2.05, 4.69) is 35.4 Å². The molecule has 0 unspecified atom stereocenters. The maximum atomic E-state index is 9.53. The molecule has 0 saturated heterocycles. The van der Waals surface area contributed by atoms with E-state index in [1.54, 1.807) is 18.3 Å². The summed E-state index contributed by atoms with van der Waals surface area (Å²) in [6, 6.07) is 15.8. The first kappa shape index (κ1) is 20.4. The molecule has 0 spiro atoms. The van der Waals surface area contributed by atoms with E-state index in [0.717, 1.165) is 23.4 Å². The molecular formula is C22H19Cl2N3S. The quantitative estimate of drug-likeness (QED) is 0.398. The summed E-state index contributed by atoms with van der Waals surface area (Å²) in [7, 11) is 0. The van der Waals surface area contributed by atoms with E-state index in [1.807, 2.05) is 23.6 Å². The highest BCUT2D eigenvalue weighted by molar-refractivity contribution is 7.11. The number of aryl methyl sites for hydroxylation is 1. The van der Waals surface area contributed by atoms with Crippen LogP contribution in [0.5, 0.6) is 0 Å². The molecule has 6 heteroatoms. The minimum atomic E-state index is 0.469. The molecule has 0 radical (unpaired) electrons. The zero-order chi connectivity index (χ0) is 19.9. The zero-order valence-corrected chi connectivity index (χ0v) is 17.7. The Labute approximate surface area is 179 Å². The van der Waals surface area contributed by atoms with E-state index in [1.165, 1.54) is 29.7 Å². The van der Waals surface area contributed by atoms with Crippen LogP contribution in [0.15, 0.2) is 54.0 Å². The summed E-state index contributed by atoms with van der Waals surface area (Å²) in [4.78, 5) is 4.56. The number of nitrogens with one attached hydrogen (secondary N) is 1. The van der Waals surface area contributed by atoms with Gasteiger partial charge >= 0.3 is 0 Å². The lowest BCUT2D eigenvalue weighted by molar-refractivity contribution is 0.795. The number of rotatable bonds is 7. The Morgan fingerprint density at radius 1 is 1.21 bits per heavy atom. The van der Waals surface area contributed by atoms with Crippen molar-refractivity contribution in [2.24, 2.45) is 0 Å². The van der Waals surface area contributed by atoms with Crippen molar-refractivity contribution in [3.63, 3.8) is 0 Å². The van der Waals surface area contributed by atoms with Crippen molar-refractivity contribution in [1.82, 2.24) is 4.98 Å². The average Bonchev–Trinajstić information content (AvgIpc) is 3.17. The Morgan fingerprint density at radius 3 is 2.68 bits per heavy atom. The number of hydrogen-bond donors (Lipinski definition) is 1. The lowest BCUT2D eigenvalue weighted by atomic mass is 10.1. The second-order valence-electron chi connectivity index (χ2n) is 6.28. The van der Waals surface area contributed by atoms with Crippen molar-refractivity contribution in [2.75, 3.05) is 5.32 Å². The fourth-order valence-corrected chi connectivity index (χ4v) is 3.96. The van der Waals surface area contributed by atoms with Crippen LogP contribution in [0.4, 0.5) is 5.69 Å². The number of thiazole rings is 1. The molecule has 1 heterocycles. The topological polar surface area (TPSA) is 48.7 Å². The molecule has 0 bridgehead atoms. The van der Waals surface area contributed by atoms with Gasteiger partial charge in [-0.05, 0) is 48.7 Å². The molecule has 0 aliphatic carbocycles. The molecule has 0 aliphatic rings. The predicted molar refractivity (Wildman–Crippen MR) is 120 cm³/mol. The molecule has 0 amide bonds. The van der Waals surface area contributed by atoms with Crippen LogP contribution in [0.1, 0.15) is 30.3 Å². The summed E-state index contributed by atoms with van der Waals surface area (Å²) in [5, 5.41) is 16.4. The van der Waals surface area contributed by atoms with E-state index >= 15 is 0 Å². The van der Waals surface area contributed by atoms with Crippen molar-refractivity contribution in [3.8, 4) is 17.3 Å². The highest BCUT2D eigenvalue weighted by Gasteiger charge is 2.11. The Kier molecular flexibility index (Phi) is 7.11. The van der Waals surface area contributed by atoms with Crippen molar-refractivity contribution < 1.29 is 0 Å². The standard InChI is InChI=1S/C22H19Cl2N3S/c1-2-3-4-15-5-8-18(9-6-15)26-13-16(12-25)22-27-21(14-28-22)19-10-7-17(23)11-20(19)24/h5-11,13-14,26H,2-4H2,1H3/b16-13-. The summed E-state index contributed by atoms with van der Waals surface area (Å²) in [5.74, 6) is 0. The number of anilines is 1. The van der Waals surface area contributed by atoms with Crippen LogP contribution in [0.3, 0.4) is 0 Å². The summed E-state index contributed by atoms with van der Waals surface area (Å²) >= 11 is 13.6. The van der Waals surface area contributed by atoms with Crippen LogP contribution in [-0.2, 0) is 6.42 Å². The molecule has 1 aromatic heterocycles. The van der Waals surface area contributed by atoms with Gasteiger partial charge in [-0.1, -0.05) is 48.7 Å². The molecule has 0 atom stereocenters. The second kappa shape index (κ2) is 9.75. The number of benzene rings is 2. The van der Waals surface area contributed by atoms with E-state index in [9.17, 15) is 5.26 Å². The van der Waals surface area contributed by atoms with E-state index in [0.29, 0.717) is 20.6 Å². The van der Waals surface area contributed by atoms with E-state index in [4.69, 9.17) is 23.2 Å². The Bertz CT molecular complexity index is 1020. The third-order valence-electron chi connectivity index (χ3n) is 4.22. The molecule has 0 aliphatic heterocycles. The van der Waals surface area contributed by atoms with Gasteiger partial charge in [-0.25, -0.2) is 4.98 Å². The SMILES string of the molecule is CCCCc1ccc(N/C=C(/C#N)c2nc(-c3ccc(Cl)cc3Cl)cs2)cc1. The molecule has 0 saturated carbocycles. The lowest BCUT2D eigenvalue weighted by Gasteiger charge is -2.04. The normalized spacial score (nSPS) is 11.3. The fraction of sp³-hybridized carbons (Fsp3) is 0.182. The minimum absolute atomic E-state index is 0.469. The molecule has 142 valence electrons. The highest BCUT2D eigenvalue weighted by Crippen LogP contribution is 2.32. The van der Waals surface area contributed by atoms with E-state index < -0.39 is 0 Å². The number of nitrogens with zero attached hydrogens (tertiary/aromatic N) is 2. The molecule has 1 N–H and O–H groups in total. The van der Waals surface area contributed by atoms with Gasteiger partial charge in [0.2, 0.25) is 0 Å². The third kappa shape index (κ3) is 5.14. The van der Waals surface area contributed by atoms with Gasteiger partial charge in [0.05, 0.1) is 10.7 Å². The fourth-order valence-electron chi connectivity index (χ4n) is 2.66. The number of aromatic nitrogens is 1. The highest BCUT2D eigenvalue weighted by atomic mass is 35.5. The van der Waals surface area contributed by atoms with Crippen molar-refractivity contribution in [2.45, 2.75) is 26.2 Å². The molecule has 3 rings (SSSR count). The number of allylic oxidation sites excluding steroid dienone is 1. The summed E-state index contributed by atoms with van der Waals surface area (Å²) in [5.41, 5.74) is 4.24. The van der Waals surface area contributed by atoms with Crippen molar-refractivity contribution in [3.05, 3.63) is 74.7 Å². The van der Waals surface area contributed by atoms with Crippen LogP contribution in [-0.4, -0.2) is 4.98 Å². The van der Waals surface area contributed by atoms with Gasteiger partial charge in [-0.3, -0.25) is 0 Å². The maximum Gasteiger partial charge on any atom is 0.136 e. The Morgan fingerprint density at radius 2 is 2.00 bits per heavy atom. The van der Waals surface area contributed by atoms with Crippen LogP contribution in [0, 0.1) is 11.3 Å². The largest absolute Gasteiger partial charge is 0.360 e. The maximum absolute atomic E-state index is 9.53. The van der Waals surface area contributed by atoms with Crippen LogP contribution >= 0.6 is 34.5 Å². The number of unbranched alkanes of at least 4 members (excludes halogenated alkanes) is 1. The predicted octanol–water partition coefficient (Wildman–Crippen LogP) is 7.44. The zero-order valence-electron chi connectivity index (χ0n) is 15.4. The van der Waals surface area contributed by atoms with Gasteiger partial charge in [-0.15, -0.1) is 11.3 Å².